The first-order valence-electron chi connectivity index (χ1n) is 7.77. The van der Waals surface area contributed by atoms with Crippen molar-refractivity contribution in [3.63, 3.8) is 0 Å². The molecule has 0 aromatic heterocycles. The van der Waals surface area contributed by atoms with Gasteiger partial charge < -0.3 is 5.73 Å². The molecule has 0 heterocycles. The number of halogens is 1. The number of fused-ring (bicyclic) bond motifs is 1. The second kappa shape index (κ2) is 5.84. The van der Waals surface area contributed by atoms with Gasteiger partial charge in [-0.2, -0.15) is 15.8 Å². The molecule has 2 N–H and O–H groups in total. The Hall–Kier alpha value is -3.10. The fraction of sp³-hybridized carbons (Fsp3) is 0.316. The average molecular weight is 318 g/mol. The Balaban J connectivity index is 2.34. The van der Waals surface area contributed by atoms with Gasteiger partial charge in [0.25, 0.3) is 0 Å². The zero-order valence-electron chi connectivity index (χ0n) is 13.0. The highest BCUT2D eigenvalue weighted by atomic mass is 19.1. The Morgan fingerprint density at radius 3 is 2.58 bits per heavy atom. The van der Waals surface area contributed by atoms with Crippen molar-refractivity contribution in [2.45, 2.75) is 25.2 Å². The molecule has 0 aliphatic heterocycles. The summed E-state index contributed by atoms with van der Waals surface area (Å²) in [6, 6.07) is 12.1. The summed E-state index contributed by atoms with van der Waals surface area (Å²) in [4.78, 5) is 0. The molecule has 3 rings (SSSR count). The monoisotopic (exact) mass is 318 g/mol. The molecule has 0 spiro atoms. The smallest absolute Gasteiger partial charge is 0.191 e. The van der Waals surface area contributed by atoms with Gasteiger partial charge in [0.05, 0.1) is 23.4 Å². The number of rotatable bonds is 1. The number of allylic oxidation sites excluding steroid dienone is 4. The molecule has 0 fully saturated rings. The average Bonchev–Trinajstić information content (AvgIpc) is 2.61. The molecule has 0 unspecified atom stereocenters. The van der Waals surface area contributed by atoms with E-state index in [1.807, 2.05) is 18.2 Å². The molecule has 1 aromatic rings. The normalized spacial score (nSPS) is 24.8. The van der Waals surface area contributed by atoms with E-state index in [0.29, 0.717) is 5.56 Å². The van der Waals surface area contributed by atoms with Crippen molar-refractivity contribution in [3.8, 4) is 18.2 Å². The van der Waals surface area contributed by atoms with Crippen molar-refractivity contribution in [2.75, 3.05) is 0 Å². The largest absolute Gasteiger partial charge is 0.399 e. The molecule has 0 saturated heterocycles. The van der Waals surface area contributed by atoms with E-state index >= 15 is 0 Å². The summed E-state index contributed by atoms with van der Waals surface area (Å²) in [6.45, 7) is 0. The molecule has 24 heavy (non-hydrogen) atoms. The van der Waals surface area contributed by atoms with E-state index < -0.39 is 17.2 Å². The van der Waals surface area contributed by atoms with Crippen molar-refractivity contribution in [3.05, 3.63) is 58.6 Å². The van der Waals surface area contributed by atoms with Crippen LogP contribution in [-0.2, 0) is 0 Å². The van der Waals surface area contributed by atoms with Crippen LogP contribution >= 0.6 is 0 Å². The Morgan fingerprint density at radius 2 is 1.96 bits per heavy atom. The third-order valence-electron chi connectivity index (χ3n) is 5.01. The van der Waals surface area contributed by atoms with Crippen LogP contribution in [0.1, 0.15) is 30.7 Å². The van der Waals surface area contributed by atoms with Gasteiger partial charge in [-0.25, -0.2) is 4.39 Å². The van der Waals surface area contributed by atoms with E-state index in [4.69, 9.17) is 5.73 Å². The van der Waals surface area contributed by atoms with Gasteiger partial charge in [0, 0.05) is 5.92 Å². The van der Waals surface area contributed by atoms with E-state index in [2.05, 4.69) is 6.07 Å². The summed E-state index contributed by atoms with van der Waals surface area (Å²) in [5, 5.41) is 29.1. The fourth-order valence-electron chi connectivity index (χ4n) is 3.95. The van der Waals surface area contributed by atoms with E-state index in [1.165, 1.54) is 12.1 Å². The molecule has 2 aliphatic carbocycles. The molecule has 0 bridgehead atoms. The lowest BCUT2D eigenvalue weighted by molar-refractivity contribution is 0.317. The highest BCUT2D eigenvalue weighted by molar-refractivity contribution is 5.59. The van der Waals surface area contributed by atoms with Gasteiger partial charge in [0.2, 0.25) is 0 Å². The lowest BCUT2D eigenvalue weighted by Crippen LogP contribution is -2.42. The van der Waals surface area contributed by atoms with Crippen LogP contribution in [0.2, 0.25) is 0 Å². The maximum absolute atomic E-state index is 13.8. The van der Waals surface area contributed by atoms with Gasteiger partial charge in [-0.05, 0) is 48.4 Å². The first kappa shape index (κ1) is 15.8. The molecule has 2 atom stereocenters. The Morgan fingerprint density at radius 1 is 1.21 bits per heavy atom. The molecule has 2 aliphatic rings. The Labute approximate surface area is 139 Å². The van der Waals surface area contributed by atoms with Crippen molar-refractivity contribution in [1.82, 2.24) is 0 Å². The third-order valence-corrected chi connectivity index (χ3v) is 5.01. The summed E-state index contributed by atoms with van der Waals surface area (Å²) in [7, 11) is 0. The second-order valence-corrected chi connectivity index (χ2v) is 6.16. The standard InChI is InChI=1S/C19H15FN4/c20-13-5-3-4-12(8-13)17-15-7-2-1-6-14(15)16(9-21)18(24)19(17,10-22)11-23/h3-6,8,15,17H,1-2,7,24H2/t15-,17+/m1/s1. The van der Waals surface area contributed by atoms with Crippen LogP contribution in [0.3, 0.4) is 0 Å². The summed E-state index contributed by atoms with van der Waals surface area (Å²) in [6.07, 6.45) is 4.42. The number of hydrogen-bond acceptors (Lipinski definition) is 4. The van der Waals surface area contributed by atoms with Crippen molar-refractivity contribution in [1.29, 1.82) is 15.8 Å². The van der Waals surface area contributed by atoms with Gasteiger partial charge in [-0.15, -0.1) is 0 Å². The van der Waals surface area contributed by atoms with Gasteiger partial charge in [-0.3, -0.25) is 0 Å². The molecule has 118 valence electrons. The van der Waals surface area contributed by atoms with Crippen LogP contribution < -0.4 is 5.73 Å². The van der Waals surface area contributed by atoms with Gasteiger partial charge >= 0.3 is 0 Å². The predicted molar refractivity (Wildman–Crippen MR) is 85.1 cm³/mol. The minimum absolute atomic E-state index is 0.0198. The van der Waals surface area contributed by atoms with Crippen molar-refractivity contribution in [2.24, 2.45) is 17.1 Å². The first-order valence-corrected chi connectivity index (χ1v) is 7.77. The molecule has 0 amide bonds. The van der Waals surface area contributed by atoms with E-state index in [1.54, 1.807) is 12.1 Å². The molecule has 0 radical (unpaired) electrons. The van der Waals surface area contributed by atoms with Crippen molar-refractivity contribution >= 4 is 0 Å². The molecule has 5 heteroatoms. The van der Waals surface area contributed by atoms with Crippen LogP contribution in [0, 0.1) is 51.1 Å². The molecular formula is C19H15FN4. The van der Waals surface area contributed by atoms with E-state index in [-0.39, 0.29) is 17.2 Å². The minimum atomic E-state index is -1.67. The topological polar surface area (TPSA) is 97.4 Å². The number of hydrogen-bond donors (Lipinski definition) is 1. The number of nitrogens with zero attached hydrogens (tertiary/aromatic N) is 3. The molecular weight excluding hydrogens is 303 g/mol. The van der Waals surface area contributed by atoms with Gasteiger partial charge in [0.15, 0.2) is 5.41 Å². The van der Waals surface area contributed by atoms with Crippen LogP contribution in [0.15, 0.2) is 47.2 Å². The second-order valence-electron chi connectivity index (χ2n) is 6.16. The Kier molecular flexibility index (Phi) is 3.84. The first-order chi connectivity index (χ1) is 11.6. The lowest BCUT2D eigenvalue weighted by atomic mass is 9.57. The molecule has 1 aromatic carbocycles. The van der Waals surface area contributed by atoms with E-state index in [0.717, 1.165) is 24.8 Å². The zero-order valence-corrected chi connectivity index (χ0v) is 13.0. The summed E-state index contributed by atoms with van der Waals surface area (Å²) < 4.78 is 13.8. The Bertz CT molecular complexity index is 862. The minimum Gasteiger partial charge on any atom is -0.399 e. The summed E-state index contributed by atoms with van der Waals surface area (Å²) >= 11 is 0. The summed E-state index contributed by atoms with van der Waals surface area (Å²) in [5.74, 6) is -1.21. The maximum atomic E-state index is 13.8. The van der Waals surface area contributed by atoms with Crippen LogP contribution in [-0.4, -0.2) is 0 Å². The van der Waals surface area contributed by atoms with Crippen LogP contribution in [0.4, 0.5) is 4.39 Å². The third kappa shape index (κ3) is 2.08. The predicted octanol–water partition coefficient (Wildman–Crippen LogP) is 3.42. The lowest BCUT2D eigenvalue weighted by Gasteiger charge is -2.43. The van der Waals surface area contributed by atoms with Gasteiger partial charge in [0.1, 0.15) is 11.9 Å². The zero-order chi connectivity index (χ0) is 17.3. The van der Waals surface area contributed by atoms with Crippen molar-refractivity contribution < 1.29 is 4.39 Å². The highest BCUT2D eigenvalue weighted by Crippen LogP contribution is 2.55. The van der Waals surface area contributed by atoms with Crippen LogP contribution in [0.25, 0.3) is 0 Å². The molecule has 4 nitrogen and oxygen atoms in total. The highest BCUT2D eigenvalue weighted by Gasteiger charge is 2.53. The number of benzene rings is 1. The fourth-order valence-corrected chi connectivity index (χ4v) is 3.95. The molecule has 0 saturated carbocycles. The van der Waals surface area contributed by atoms with E-state index in [9.17, 15) is 20.2 Å². The van der Waals surface area contributed by atoms with Gasteiger partial charge in [-0.1, -0.05) is 18.2 Å². The van der Waals surface area contributed by atoms with Crippen LogP contribution in [0.5, 0.6) is 0 Å². The number of nitriles is 3. The quantitative estimate of drug-likeness (QED) is 0.857. The SMILES string of the molecule is N#CC1=C(N)C(C#N)(C#N)[C@@H](c2cccc(F)c2)[C@@H]2CCCC=C12. The number of nitrogens with two attached hydrogens (primary N) is 1. The summed E-state index contributed by atoms with van der Waals surface area (Å²) in [5.41, 5.74) is 6.04. The maximum Gasteiger partial charge on any atom is 0.191 e.